The maximum atomic E-state index is 11.2. The van der Waals surface area contributed by atoms with E-state index < -0.39 is 0 Å². The molecule has 0 atom stereocenters. The van der Waals surface area contributed by atoms with Crippen LogP contribution in [0, 0.1) is 76.8 Å². The number of carbonyl (C=O) groups is 1. The maximum Gasteiger partial charge on any atom is 0.159 e. The van der Waals surface area contributed by atoms with E-state index >= 15 is 0 Å². The Bertz CT molecular complexity index is 4650. The summed E-state index contributed by atoms with van der Waals surface area (Å²) in [5.74, 6) is 0.979. The number of para-hydroxylation sites is 1. The van der Waals surface area contributed by atoms with Crippen molar-refractivity contribution >= 4 is 27.7 Å². The van der Waals surface area contributed by atoms with Crippen LogP contribution >= 0.6 is 0 Å². The number of carbonyl (C=O) groups excluding carboxylic acids is 1. The van der Waals surface area contributed by atoms with Gasteiger partial charge < -0.3 is 34.4 Å². The fraction of sp³-hybridized carbons (Fsp3) is 0.146. The van der Waals surface area contributed by atoms with Crippen LogP contribution in [0.15, 0.2) is 290 Å². The molecule has 0 saturated heterocycles. The number of nitrogens with zero attached hydrogens (tertiary/aromatic N) is 5. The summed E-state index contributed by atoms with van der Waals surface area (Å²) in [6.45, 7) is 18.4. The number of rotatable bonds is 12. The molecule has 100 heavy (non-hydrogen) atoms. The zero-order valence-corrected chi connectivity index (χ0v) is 64.8. The Hall–Kier alpha value is -9.53. The number of pyridine rings is 5. The summed E-state index contributed by atoms with van der Waals surface area (Å²) >= 11 is 0. The largest absolute Gasteiger partial charge is 0.512 e. The second-order valence-electron chi connectivity index (χ2n) is 24.4. The molecule has 8 aromatic carbocycles. The van der Waals surface area contributed by atoms with E-state index in [1.54, 1.807) is 6.20 Å². The molecule has 0 unspecified atom stereocenters. The van der Waals surface area contributed by atoms with Gasteiger partial charge in [0.1, 0.15) is 5.58 Å². The Morgan fingerprint density at radius 3 is 1.29 bits per heavy atom. The number of hydrogen-bond donors (Lipinski definition) is 1. The van der Waals surface area contributed by atoms with E-state index in [0.29, 0.717) is 24.7 Å². The number of ketones is 1. The van der Waals surface area contributed by atoms with Crippen molar-refractivity contribution in [2.24, 2.45) is 11.8 Å². The second kappa shape index (κ2) is 41.1. The van der Waals surface area contributed by atoms with Crippen molar-refractivity contribution in [2.45, 2.75) is 75.2 Å². The van der Waals surface area contributed by atoms with Gasteiger partial charge in [-0.2, -0.15) is 0 Å². The van der Waals surface area contributed by atoms with Crippen molar-refractivity contribution in [1.29, 1.82) is 0 Å². The third-order valence-electron chi connectivity index (χ3n) is 15.0. The SMILES string of the molecule is CC(C)CC(=O)C=C(O)CC(C)C.Cc1cc(C)cc(-c2ccnc(-c3[c-]cccc3)c2)c1.Cc1ccc(-c2[c-]cccc2)nc1.Cc1ccc(-c2[c-]cccc2)nc1.Cc1ccc(-c2ccnc(-c3[c-]cccc3)c2)cc1.[Ir].[Ir].[Ir].[c-]1cc2oc3ccccc3c2cc1-c1ccccn1. The van der Waals surface area contributed by atoms with Gasteiger partial charge in [-0.25, -0.2) is 0 Å². The molecule has 0 aliphatic heterocycles. The van der Waals surface area contributed by atoms with E-state index in [1.807, 2.05) is 224 Å². The number of aliphatic hydroxyl groups excluding tert-OH is 1. The number of fused-ring (bicyclic) bond motifs is 3. The molecule has 0 spiro atoms. The van der Waals surface area contributed by atoms with Crippen LogP contribution in [0.2, 0.25) is 0 Å². The third-order valence-corrected chi connectivity index (χ3v) is 15.0. The minimum atomic E-state index is 0. The van der Waals surface area contributed by atoms with Crippen molar-refractivity contribution in [2.75, 3.05) is 0 Å². The summed E-state index contributed by atoms with van der Waals surface area (Å²) in [7, 11) is 0. The summed E-state index contributed by atoms with van der Waals surface area (Å²) in [6, 6.07) is 97.1. The van der Waals surface area contributed by atoms with E-state index in [9.17, 15) is 9.90 Å². The monoisotopic (exact) mass is 1850 g/mol. The molecule has 0 fully saturated rings. The smallest absolute Gasteiger partial charge is 0.159 e. The first-order valence-corrected chi connectivity index (χ1v) is 32.6. The molecule has 0 amide bonds. The zero-order valence-electron chi connectivity index (χ0n) is 57.6. The first-order valence-electron chi connectivity index (χ1n) is 32.6. The molecule has 14 rings (SSSR count). The summed E-state index contributed by atoms with van der Waals surface area (Å²) in [5, 5.41) is 11.6. The molecule has 0 saturated carbocycles. The Kier molecular flexibility index (Phi) is 32.7. The summed E-state index contributed by atoms with van der Waals surface area (Å²) in [4.78, 5) is 33.1. The van der Waals surface area contributed by atoms with E-state index in [4.69, 9.17) is 4.42 Å². The van der Waals surface area contributed by atoms with Crippen LogP contribution in [0.3, 0.4) is 0 Å². The average Bonchev–Trinajstić information content (AvgIpc) is 1.64. The molecule has 14 aromatic rings. The van der Waals surface area contributed by atoms with Crippen LogP contribution in [-0.4, -0.2) is 35.8 Å². The first kappa shape index (κ1) is 79.5. The van der Waals surface area contributed by atoms with Gasteiger partial charge in [-0.05, 0) is 133 Å². The van der Waals surface area contributed by atoms with Crippen LogP contribution < -0.4 is 0 Å². The van der Waals surface area contributed by atoms with E-state index in [-0.39, 0.29) is 71.9 Å². The van der Waals surface area contributed by atoms with Gasteiger partial charge in [0.05, 0.1) is 11.3 Å². The van der Waals surface area contributed by atoms with Gasteiger partial charge in [-0.15, -0.1) is 167 Å². The van der Waals surface area contributed by atoms with Gasteiger partial charge in [0.25, 0.3) is 0 Å². The van der Waals surface area contributed by atoms with Gasteiger partial charge in [0.15, 0.2) is 5.78 Å². The predicted octanol–water partition coefficient (Wildman–Crippen LogP) is 22.6. The quantitative estimate of drug-likeness (QED) is 0.0731. The number of aryl methyl sites for hydroxylation is 5. The van der Waals surface area contributed by atoms with Crippen LogP contribution in [0.5, 0.6) is 0 Å². The molecular weight excluding hydrogens is 1760 g/mol. The van der Waals surface area contributed by atoms with Crippen LogP contribution in [-0.2, 0) is 65.1 Å². The van der Waals surface area contributed by atoms with E-state index in [1.165, 1.54) is 56.1 Å². The molecular formula is C89H80Ir3N5O3-5. The van der Waals surface area contributed by atoms with Crippen LogP contribution in [0.1, 0.15) is 68.4 Å². The Balaban J connectivity index is 0.000000190. The minimum Gasteiger partial charge on any atom is -0.512 e. The molecule has 11 heteroatoms. The van der Waals surface area contributed by atoms with Gasteiger partial charge in [0.2, 0.25) is 0 Å². The molecule has 0 bridgehead atoms. The fourth-order valence-corrected chi connectivity index (χ4v) is 10.3. The molecule has 6 aromatic heterocycles. The van der Waals surface area contributed by atoms with Crippen molar-refractivity contribution in [3.05, 3.63) is 344 Å². The summed E-state index contributed by atoms with van der Waals surface area (Å²) in [6.07, 6.45) is 11.7. The van der Waals surface area contributed by atoms with Crippen molar-refractivity contribution in [1.82, 2.24) is 24.9 Å². The predicted molar refractivity (Wildman–Crippen MR) is 399 cm³/mol. The number of aromatic nitrogens is 5. The standard InChI is InChI=1S/C19H16N.C18H14N.C17H10NO.2C12H10N.C11H20O2.3Ir/c1-14-10-15(2)12-18(11-14)17-8-9-20-19(13-17)16-6-4-3-5-7-16;1-14-7-9-15(10-8-14)17-11-12-19-18(13-17)16-5-3-2-4-6-16;1-2-7-16-13(5-1)14-11-12(8-9-17(14)19-16)15-6-3-4-10-18-15;2*1-10-7-8-12(13-9-10)11-5-3-2-4-6-11;1-8(2)5-10(12)7-11(13)6-9(3)4;;;/h3-6,8-13H,1-2H3;2-5,7-13H,1H3;1-7,9-11H;2*2-5,7-9H,1H3;7-9,12H,5-6H2,1-4H3;;;/q5*-1;;;;. The first-order chi connectivity index (χ1) is 47.1. The molecule has 1 N–H and O–H groups in total. The van der Waals surface area contributed by atoms with E-state index in [0.717, 1.165) is 78.2 Å². The second-order valence-corrected chi connectivity index (χ2v) is 24.4. The normalized spacial score (nSPS) is 10.4. The molecule has 0 aliphatic rings. The zero-order chi connectivity index (χ0) is 68.3. The fourth-order valence-electron chi connectivity index (χ4n) is 10.3. The topological polar surface area (TPSA) is 115 Å². The molecule has 8 nitrogen and oxygen atoms in total. The Morgan fingerprint density at radius 1 is 0.380 bits per heavy atom. The summed E-state index contributed by atoms with van der Waals surface area (Å²) < 4.78 is 5.79. The molecule has 0 aliphatic carbocycles. The van der Waals surface area contributed by atoms with Crippen molar-refractivity contribution < 1.29 is 74.6 Å². The molecule has 3 radical (unpaired) electrons. The van der Waals surface area contributed by atoms with Crippen LogP contribution in [0.25, 0.3) is 100 Å². The van der Waals surface area contributed by atoms with Gasteiger partial charge >= 0.3 is 0 Å². The van der Waals surface area contributed by atoms with Crippen molar-refractivity contribution in [3.8, 4) is 78.5 Å². The minimum absolute atomic E-state index is 0. The third kappa shape index (κ3) is 25.0. The Morgan fingerprint density at radius 2 is 0.830 bits per heavy atom. The number of benzene rings is 8. The van der Waals surface area contributed by atoms with Gasteiger partial charge in [-0.1, -0.05) is 159 Å². The van der Waals surface area contributed by atoms with Gasteiger partial charge in [-0.3, -0.25) is 4.79 Å². The van der Waals surface area contributed by atoms with Crippen molar-refractivity contribution in [3.63, 3.8) is 0 Å². The molecule has 511 valence electrons. The number of hydrogen-bond acceptors (Lipinski definition) is 8. The van der Waals surface area contributed by atoms with E-state index in [2.05, 4.69) is 161 Å². The summed E-state index contributed by atoms with van der Waals surface area (Å²) in [5.41, 5.74) is 22.7. The number of allylic oxidation sites excluding steroid dienone is 2. The van der Waals surface area contributed by atoms with Gasteiger partial charge in [0, 0.05) is 116 Å². The van der Waals surface area contributed by atoms with Crippen LogP contribution in [0.4, 0.5) is 0 Å². The Labute approximate surface area is 631 Å². The number of furan rings is 1. The number of aliphatic hydroxyl groups is 1. The average molecular weight is 1840 g/mol. The maximum absolute atomic E-state index is 11.2. The molecule has 6 heterocycles.